The molecule has 11 heteroatoms. The third-order valence-electron chi connectivity index (χ3n) is 7.56. The predicted octanol–water partition coefficient (Wildman–Crippen LogP) is 8.11. The van der Waals surface area contributed by atoms with Crippen molar-refractivity contribution in [1.82, 2.24) is 9.97 Å². The molecule has 0 unspecified atom stereocenters. The van der Waals surface area contributed by atoms with Gasteiger partial charge in [0.05, 0.1) is 23.2 Å². The summed E-state index contributed by atoms with van der Waals surface area (Å²) < 4.78 is 59.5. The van der Waals surface area contributed by atoms with Crippen LogP contribution < -0.4 is 14.2 Å². The van der Waals surface area contributed by atoms with Gasteiger partial charge in [-0.05, 0) is 92.4 Å². The van der Waals surface area contributed by atoms with Crippen LogP contribution in [-0.2, 0) is 22.6 Å². The van der Waals surface area contributed by atoms with Gasteiger partial charge in [-0.2, -0.15) is 0 Å². The zero-order valence-corrected chi connectivity index (χ0v) is 25.6. The van der Waals surface area contributed by atoms with E-state index in [-0.39, 0.29) is 18.2 Å². The zero-order chi connectivity index (χ0) is 32.8. The number of hydrogen-bond acceptors (Lipinski definition) is 7. The Hall–Kier alpha value is -4.90. The van der Waals surface area contributed by atoms with Crippen molar-refractivity contribution in [3.05, 3.63) is 89.1 Å². The normalized spacial score (nSPS) is 13.8. The van der Waals surface area contributed by atoms with Crippen molar-refractivity contribution in [1.29, 1.82) is 0 Å². The van der Waals surface area contributed by atoms with Gasteiger partial charge in [0.15, 0.2) is 6.10 Å². The molecule has 0 spiro atoms. The molecule has 238 valence electrons. The fourth-order valence-corrected chi connectivity index (χ4v) is 5.75. The van der Waals surface area contributed by atoms with E-state index in [4.69, 9.17) is 24.2 Å². The number of carboxylic acid groups (broad SMARTS) is 1. The molecule has 6 rings (SSSR count). The van der Waals surface area contributed by atoms with E-state index < -0.39 is 24.0 Å². The molecule has 8 nitrogen and oxygen atoms in total. The quantitative estimate of drug-likeness (QED) is 0.183. The van der Waals surface area contributed by atoms with Crippen LogP contribution in [0, 0.1) is 6.92 Å². The van der Waals surface area contributed by atoms with Gasteiger partial charge in [-0.3, -0.25) is 4.98 Å². The summed E-state index contributed by atoms with van der Waals surface area (Å²) in [4.78, 5) is 22.3. The summed E-state index contributed by atoms with van der Waals surface area (Å²) in [6, 6.07) is 16.4. The lowest BCUT2D eigenvalue weighted by atomic mass is 9.86. The summed E-state index contributed by atoms with van der Waals surface area (Å²) in [5.74, 6) is -0.449. The van der Waals surface area contributed by atoms with Crippen LogP contribution in [0.25, 0.3) is 32.9 Å². The second kappa shape index (κ2) is 11.8. The SMILES string of the molecule is Cc1cc2nc(OCc3ccc(OC(F)(F)F)cc3)ccc2c(-c2ccc3c4c(ccnc24)CCO3)c1[C@H](OC(C)(C)C)C(=O)O. The number of alkyl halides is 3. The average molecular weight is 633 g/mol. The van der Waals surface area contributed by atoms with Gasteiger partial charge in [0.25, 0.3) is 0 Å². The minimum absolute atomic E-state index is 0.0496. The molecule has 2 aromatic heterocycles. The number of aliphatic carboxylic acids is 1. The molecule has 46 heavy (non-hydrogen) atoms. The fourth-order valence-electron chi connectivity index (χ4n) is 5.75. The number of aryl methyl sites for hydroxylation is 1. The van der Waals surface area contributed by atoms with Crippen LogP contribution in [0.15, 0.2) is 66.9 Å². The Kier molecular flexibility index (Phi) is 7.97. The monoisotopic (exact) mass is 632 g/mol. The number of ether oxygens (including phenoxy) is 4. The molecule has 0 amide bonds. The summed E-state index contributed by atoms with van der Waals surface area (Å²) in [6.07, 6.45) is -3.59. The molecular weight excluding hydrogens is 601 g/mol. The minimum Gasteiger partial charge on any atom is -0.493 e. The lowest BCUT2D eigenvalue weighted by Gasteiger charge is -2.29. The van der Waals surface area contributed by atoms with Crippen molar-refractivity contribution >= 4 is 27.8 Å². The number of fused-ring (bicyclic) bond motifs is 1. The van der Waals surface area contributed by atoms with Gasteiger partial charge in [-0.25, -0.2) is 9.78 Å². The first-order valence-corrected chi connectivity index (χ1v) is 14.6. The van der Waals surface area contributed by atoms with Crippen molar-refractivity contribution in [3.63, 3.8) is 0 Å². The molecule has 1 aliphatic rings. The lowest BCUT2D eigenvalue weighted by molar-refractivity contribution is -0.274. The molecule has 1 N–H and O–H groups in total. The number of benzene rings is 3. The van der Waals surface area contributed by atoms with Crippen LogP contribution in [0.1, 0.15) is 49.1 Å². The first-order chi connectivity index (χ1) is 21.8. The van der Waals surface area contributed by atoms with Gasteiger partial charge in [-0.15, -0.1) is 13.2 Å². The average Bonchev–Trinajstić information content (AvgIpc) is 2.98. The molecule has 3 aromatic carbocycles. The summed E-state index contributed by atoms with van der Waals surface area (Å²) >= 11 is 0. The van der Waals surface area contributed by atoms with Crippen molar-refractivity contribution in [2.45, 2.75) is 58.8 Å². The summed E-state index contributed by atoms with van der Waals surface area (Å²) in [5.41, 5.74) is 4.68. The second-order valence-electron chi connectivity index (χ2n) is 12.0. The molecule has 0 fully saturated rings. The van der Waals surface area contributed by atoms with E-state index in [9.17, 15) is 23.1 Å². The molecule has 1 aliphatic heterocycles. The highest BCUT2D eigenvalue weighted by Crippen LogP contribution is 2.45. The number of nitrogens with zero attached hydrogens (tertiary/aromatic N) is 2. The van der Waals surface area contributed by atoms with E-state index in [1.807, 2.05) is 52.0 Å². The summed E-state index contributed by atoms with van der Waals surface area (Å²) in [6.45, 7) is 7.85. The van der Waals surface area contributed by atoms with Crippen LogP contribution in [0.4, 0.5) is 13.2 Å². The highest BCUT2D eigenvalue weighted by Gasteiger charge is 2.33. The van der Waals surface area contributed by atoms with E-state index in [0.29, 0.717) is 45.3 Å². The molecule has 0 saturated heterocycles. The van der Waals surface area contributed by atoms with Crippen LogP contribution in [0.5, 0.6) is 17.4 Å². The van der Waals surface area contributed by atoms with E-state index >= 15 is 0 Å². The smallest absolute Gasteiger partial charge is 0.493 e. The number of halogens is 3. The second-order valence-corrected chi connectivity index (χ2v) is 12.0. The number of hydrogen-bond donors (Lipinski definition) is 1. The number of carboxylic acids is 1. The standard InChI is InChI=1S/C35H31F3N2O6/c1-19-17-25-23(10-12-27(40-25)44-18-20-5-7-22(8-6-20)45-35(36,37)38)30(28(19)32(33(41)42)46-34(2,3)4)24-9-11-26-29-21(14-16-43-26)13-15-39-31(24)29/h5-13,15,17,32H,14,16,18H2,1-4H3,(H,41,42)/t32-/m0/s1. The van der Waals surface area contributed by atoms with Gasteiger partial charge < -0.3 is 24.1 Å². The van der Waals surface area contributed by atoms with E-state index in [1.54, 1.807) is 18.3 Å². The number of pyridine rings is 2. The Bertz CT molecular complexity index is 1940. The van der Waals surface area contributed by atoms with E-state index in [0.717, 1.165) is 28.7 Å². The van der Waals surface area contributed by atoms with Crippen molar-refractivity contribution in [2.75, 3.05) is 6.61 Å². The number of carbonyl (C=O) groups is 1. The topological polar surface area (TPSA) is 100 Å². The zero-order valence-electron chi connectivity index (χ0n) is 25.6. The maximum absolute atomic E-state index is 12.8. The van der Waals surface area contributed by atoms with Gasteiger partial charge >= 0.3 is 12.3 Å². The van der Waals surface area contributed by atoms with Gasteiger partial charge in [0.1, 0.15) is 18.1 Å². The third-order valence-corrected chi connectivity index (χ3v) is 7.56. The highest BCUT2D eigenvalue weighted by molar-refractivity contribution is 6.08. The Labute approximate surface area is 262 Å². The molecule has 3 heterocycles. The van der Waals surface area contributed by atoms with Crippen LogP contribution in [0.3, 0.4) is 0 Å². The maximum Gasteiger partial charge on any atom is 0.573 e. The van der Waals surface area contributed by atoms with Gasteiger partial charge in [0, 0.05) is 40.6 Å². The minimum atomic E-state index is -4.77. The number of aromatic nitrogens is 2. The molecule has 0 saturated carbocycles. The Morgan fingerprint density at radius 3 is 2.50 bits per heavy atom. The third kappa shape index (κ3) is 6.41. The Balaban J connectivity index is 1.46. The Morgan fingerprint density at radius 2 is 1.80 bits per heavy atom. The Morgan fingerprint density at radius 1 is 1.04 bits per heavy atom. The van der Waals surface area contributed by atoms with Crippen molar-refractivity contribution in [2.24, 2.45) is 0 Å². The molecule has 0 radical (unpaired) electrons. The van der Waals surface area contributed by atoms with Crippen molar-refractivity contribution in [3.8, 4) is 28.5 Å². The predicted molar refractivity (Wildman–Crippen MR) is 165 cm³/mol. The van der Waals surface area contributed by atoms with Crippen molar-refractivity contribution < 1.29 is 42.0 Å². The molecule has 0 aliphatic carbocycles. The summed E-state index contributed by atoms with van der Waals surface area (Å²) in [7, 11) is 0. The molecule has 1 atom stereocenters. The molecule has 0 bridgehead atoms. The fraction of sp³-hybridized carbons (Fsp3) is 0.286. The first-order valence-electron chi connectivity index (χ1n) is 14.6. The van der Waals surface area contributed by atoms with Crippen LogP contribution >= 0.6 is 0 Å². The van der Waals surface area contributed by atoms with Crippen LogP contribution in [-0.4, -0.2) is 39.6 Å². The largest absolute Gasteiger partial charge is 0.573 e. The van der Waals surface area contributed by atoms with Crippen LogP contribution in [0.2, 0.25) is 0 Å². The first kappa shape index (κ1) is 31.1. The van der Waals surface area contributed by atoms with E-state index in [1.165, 1.54) is 24.3 Å². The lowest BCUT2D eigenvalue weighted by Crippen LogP contribution is -2.28. The van der Waals surface area contributed by atoms with E-state index in [2.05, 4.69) is 4.74 Å². The highest BCUT2D eigenvalue weighted by atomic mass is 19.4. The van der Waals surface area contributed by atoms with Gasteiger partial charge in [-0.1, -0.05) is 12.1 Å². The maximum atomic E-state index is 12.8. The molecule has 5 aromatic rings. The molecular formula is C35H31F3N2O6. The van der Waals surface area contributed by atoms with Gasteiger partial charge in [0.2, 0.25) is 5.88 Å². The number of rotatable bonds is 8. The summed E-state index contributed by atoms with van der Waals surface area (Å²) in [5, 5.41) is 12.0.